The Hall–Kier alpha value is -2.66. The molecule has 1 N–H and O–H groups in total. The Morgan fingerprint density at radius 3 is 2.50 bits per heavy atom. The van der Waals surface area contributed by atoms with Crippen LogP contribution in [0.15, 0.2) is 59.1 Å². The van der Waals surface area contributed by atoms with E-state index in [0.29, 0.717) is 24.8 Å². The Morgan fingerprint density at radius 2 is 1.79 bits per heavy atom. The zero-order chi connectivity index (χ0) is 16.9. The van der Waals surface area contributed by atoms with Crippen LogP contribution >= 0.6 is 0 Å². The minimum Gasteiger partial charge on any atom is -0.392 e. The van der Waals surface area contributed by atoms with E-state index in [9.17, 15) is 5.11 Å². The molecule has 0 bridgehead atoms. The molecule has 0 spiro atoms. The summed E-state index contributed by atoms with van der Waals surface area (Å²) in [4.78, 5) is 6.54. The molecule has 5 heteroatoms. The Labute approximate surface area is 141 Å². The van der Waals surface area contributed by atoms with Crippen molar-refractivity contribution in [1.29, 1.82) is 0 Å². The van der Waals surface area contributed by atoms with Crippen LogP contribution in [0.3, 0.4) is 0 Å². The van der Waals surface area contributed by atoms with Crippen LogP contribution in [0, 0.1) is 6.92 Å². The topological polar surface area (TPSA) is 62.4 Å². The molecule has 0 unspecified atom stereocenters. The van der Waals surface area contributed by atoms with Crippen molar-refractivity contribution in [3.8, 4) is 11.4 Å². The molecule has 0 radical (unpaired) electrons. The SMILES string of the molecule is Cc1ccccc1-c1noc(CN(C[C@H](C)O)c2ccccc2)n1. The van der Waals surface area contributed by atoms with Gasteiger partial charge in [0.1, 0.15) is 0 Å². The first-order valence-electron chi connectivity index (χ1n) is 8.00. The van der Waals surface area contributed by atoms with Crippen LogP contribution in [0.2, 0.25) is 0 Å². The molecule has 24 heavy (non-hydrogen) atoms. The average Bonchev–Trinajstić information content (AvgIpc) is 3.03. The molecule has 0 aliphatic carbocycles. The molecule has 0 saturated carbocycles. The highest BCUT2D eigenvalue weighted by Crippen LogP contribution is 2.21. The van der Waals surface area contributed by atoms with Gasteiger partial charge >= 0.3 is 0 Å². The molecule has 1 aromatic heterocycles. The summed E-state index contributed by atoms with van der Waals surface area (Å²) >= 11 is 0. The van der Waals surface area contributed by atoms with Crippen molar-refractivity contribution in [2.45, 2.75) is 26.5 Å². The summed E-state index contributed by atoms with van der Waals surface area (Å²) in [6, 6.07) is 17.9. The fourth-order valence-corrected chi connectivity index (χ4v) is 2.63. The second-order valence-corrected chi connectivity index (χ2v) is 5.89. The van der Waals surface area contributed by atoms with E-state index < -0.39 is 6.10 Å². The van der Waals surface area contributed by atoms with Crippen LogP contribution in [-0.4, -0.2) is 27.9 Å². The smallest absolute Gasteiger partial charge is 0.246 e. The number of aromatic nitrogens is 2. The third-order valence-corrected chi connectivity index (χ3v) is 3.79. The molecule has 0 aliphatic heterocycles. The summed E-state index contributed by atoms with van der Waals surface area (Å²) in [6.45, 7) is 4.73. The Kier molecular flexibility index (Phi) is 4.91. The highest BCUT2D eigenvalue weighted by atomic mass is 16.5. The van der Waals surface area contributed by atoms with Gasteiger partial charge in [0.05, 0.1) is 12.6 Å². The molecule has 1 atom stereocenters. The first-order chi connectivity index (χ1) is 11.6. The summed E-state index contributed by atoms with van der Waals surface area (Å²) in [7, 11) is 0. The highest BCUT2D eigenvalue weighted by Gasteiger charge is 2.16. The minimum absolute atomic E-state index is 0.452. The van der Waals surface area contributed by atoms with Crippen molar-refractivity contribution >= 4 is 5.69 Å². The van der Waals surface area contributed by atoms with Crippen LogP contribution < -0.4 is 4.90 Å². The van der Waals surface area contributed by atoms with Gasteiger partial charge in [-0.05, 0) is 31.5 Å². The Morgan fingerprint density at radius 1 is 1.08 bits per heavy atom. The van der Waals surface area contributed by atoms with Crippen molar-refractivity contribution in [3.63, 3.8) is 0 Å². The van der Waals surface area contributed by atoms with Gasteiger partial charge in [0, 0.05) is 17.8 Å². The molecule has 1 heterocycles. The van der Waals surface area contributed by atoms with Crippen LogP contribution in [-0.2, 0) is 6.54 Å². The first-order valence-corrected chi connectivity index (χ1v) is 8.00. The highest BCUT2D eigenvalue weighted by molar-refractivity contribution is 5.59. The van der Waals surface area contributed by atoms with Gasteiger partial charge in [0.25, 0.3) is 0 Å². The van der Waals surface area contributed by atoms with E-state index in [-0.39, 0.29) is 0 Å². The van der Waals surface area contributed by atoms with Gasteiger partial charge in [-0.15, -0.1) is 0 Å². The molecule has 0 amide bonds. The molecule has 5 nitrogen and oxygen atoms in total. The summed E-state index contributed by atoms with van der Waals surface area (Å²) in [5, 5.41) is 13.9. The fourth-order valence-electron chi connectivity index (χ4n) is 2.63. The number of nitrogens with zero attached hydrogens (tertiary/aromatic N) is 3. The normalized spacial score (nSPS) is 12.1. The van der Waals surface area contributed by atoms with Crippen molar-refractivity contribution in [3.05, 3.63) is 66.1 Å². The number of hydrogen-bond acceptors (Lipinski definition) is 5. The van der Waals surface area contributed by atoms with Crippen molar-refractivity contribution in [2.24, 2.45) is 0 Å². The molecule has 0 aliphatic rings. The van der Waals surface area contributed by atoms with Crippen LogP contribution in [0.25, 0.3) is 11.4 Å². The molecule has 3 aromatic rings. The third-order valence-electron chi connectivity index (χ3n) is 3.79. The predicted octanol–water partition coefficient (Wildman–Crippen LogP) is 3.43. The van der Waals surface area contributed by atoms with Crippen LogP contribution in [0.5, 0.6) is 0 Å². The molecular formula is C19H21N3O2. The van der Waals surface area contributed by atoms with E-state index in [2.05, 4.69) is 10.1 Å². The van der Waals surface area contributed by atoms with E-state index in [4.69, 9.17) is 4.52 Å². The molecule has 3 rings (SSSR count). The lowest BCUT2D eigenvalue weighted by Crippen LogP contribution is -2.30. The lowest BCUT2D eigenvalue weighted by Gasteiger charge is -2.24. The van der Waals surface area contributed by atoms with Crippen molar-refractivity contribution < 1.29 is 9.63 Å². The zero-order valence-corrected chi connectivity index (χ0v) is 13.9. The molecule has 124 valence electrons. The Bertz CT molecular complexity index is 784. The van der Waals surface area contributed by atoms with E-state index in [1.54, 1.807) is 6.92 Å². The number of hydrogen-bond donors (Lipinski definition) is 1. The number of benzene rings is 2. The molecule has 2 aromatic carbocycles. The number of para-hydroxylation sites is 1. The number of rotatable bonds is 6. The third kappa shape index (κ3) is 3.81. The number of anilines is 1. The second-order valence-electron chi connectivity index (χ2n) is 5.89. The maximum atomic E-state index is 9.77. The van der Waals surface area contributed by atoms with Crippen molar-refractivity contribution in [1.82, 2.24) is 10.1 Å². The lowest BCUT2D eigenvalue weighted by molar-refractivity contribution is 0.198. The summed E-state index contributed by atoms with van der Waals surface area (Å²) < 4.78 is 5.42. The number of aliphatic hydroxyl groups is 1. The zero-order valence-electron chi connectivity index (χ0n) is 13.9. The number of aryl methyl sites for hydroxylation is 1. The standard InChI is InChI=1S/C19H21N3O2/c1-14-8-6-7-11-17(14)19-20-18(24-21-19)13-22(12-15(2)23)16-9-4-3-5-10-16/h3-11,15,23H,12-13H2,1-2H3/t15-/m0/s1. The van der Waals surface area contributed by atoms with E-state index in [1.165, 1.54) is 0 Å². The van der Waals surface area contributed by atoms with Gasteiger partial charge < -0.3 is 14.5 Å². The van der Waals surface area contributed by atoms with Gasteiger partial charge in [-0.25, -0.2) is 0 Å². The maximum Gasteiger partial charge on any atom is 0.246 e. The minimum atomic E-state index is -0.455. The van der Waals surface area contributed by atoms with Gasteiger partial charge in [-0.2, -0.15) is 4.98 Å². The monoisotopic (exact) mass is 323 g/mol. The van der Waals surface area contributed by atoms with Crippen molar-refractivity contribution in [2.75, 3.05) is 11.4 Å². The van der Waals surface area contributed by atoms with Gasteiger partial charge in [0.15, 0.2) is 0 Å². The van der Waals surface area contributed by atoms with E-state index in [1.807, 2.05) is 66.4 Å². The van der Waals surface area contributed by atoms with Gasteiger partial charge in [-0.1, -0.05) is 47.6 Å². The van der Waals surface area contributed by atoms with E-state index >= 15 is 0 Å². The van der Waals surface area contributed by atoms with Crippen LogP contribution in [0.1, 0.15) is 18.4 Å². The molecule has 0 saturated heterocycles. The maximum absolute atomic E-state index is 9.77. The Balaban J connectivity index is 1.82. The predicted molar refractivity (Wildman–Crippen MR) is 93.6 cm³/mol. The second kappa shape index (κ2) is 7.27. The molecular weight excluding hydrogens is 302 g/mol. The van der Waals surface area contributed by atoms with Gasteiger partial charge in [-0.3, -0.25) is 0 Å². The van der Waals surface area contributed by atoms with E-state index in [0.717, 1.165) is 16.8 Å². The number of aliphatic hydroxyl groups excluding tert-OH is 1. The fraction of sp³-hybridized carbons (Fsp3) is 0.263. The molecule has 0 fully saturated rings. The summed E-state index contributed by atoms with van der Waals surface area (Å²) in [5.74, 6) is 1.12. The lowest BCUT2D eigenvalue weighted by atomic mass is 10.1. The summed E-state index contributed by atoms with van der Waals surface area (Å²) in [5.41, 5.74) is 3.08. The average molecular weight is 323 g/mol. The van der Waals surface area contributed by atoms with Gasteiger partial charge in [0.2, 0.25) is 11.7 Å². The van der Waals surface area contributed by atoms with Crippen LogP contribution in [0.4, 0.5) is 5.69 Å². The first kappa shape index (κ1) is 16.2. The summed E-state index contributed by atoms with van der Waals surface area (Å²) in [6.07, 6.45) is -0.455. The largest absolute Gasteiger partial charge is 0.392 e. The quantitative estimate of drug-likeness (QED) is 0.753.